The number of hydrogen-bond acceptors (Lipinski definition) is 3. The highest BCUT2D eigenvalue weighted by Crippen LogP contribution is 2.27. The predicted octanol–water partition coefficient (Wildman–Crippen LogP) is 3.77. The van der Waals surface area contributed by atoms with Crippen LogP contribution in [0.25, 0.3) is 12.2 Å². The van der Waals surface area contributed by atoms with E-state index in [1.165, 1.54) is 11.3 Å². The topological polar surface area (TPSA) is 29.1 Å². The number of aldehydes is 1. The molecule has 86 valence electrons. The first-order valence-electron chi connectivity index (χ1n) is 5.32. The van der Waals surface area contributed by atoms with Crippen LogP contribution in [-0.2, 0) is 0 Å². The van der Waals surface area contributed by atoms with Crippen LogP contribution in [0, 0.1) is 0 Å². The van der Waals surface area contributed by atoms with Crippen LogP contribution in [0.4, 0.5) is 5.69 Å². The molecule has 0 bridgehead atoms. The van der Waals surface area contributed by atoms with E-state index >= 15 is 0 Å². The summed E-state index contributed by atoms with van der Waals surface area (Å²) in [4.78, 5) is 11.7. The molecule has 0 unspecified atom stereocenters. The molecule has 3 heteroatoms. The second-order valence-electron chi connectivity index (χ2n) is 3.54. The van der Waals surface area contributed by atoms with Crippen LogP contribution in [0.3, 0.4) is 0 Å². The highest BCUT2D eigenvalue weighted by atomic mass is 32.1. The molecule has 0 aliphatic carbocycles. The van der Waals surface area contributed by atoms with E-state index in [4.69, 9.17) is 0 Å². The monoisotopic (exact) mass is 243 g/mol. The molecular weight excluding hydrogens is 230 g/mol. The molecule has 0 aliphatic heterocycles. The average molecular weight is 243 g/mol. The zero-order valence-corrected chi connectivity index (χ0v) is 10.3. The van der Waals surface area contributed by atoms with Crippen LogP contribution in [0.5, 0.6) is 0 Å². The zero-order valence-electron chi connectivity index (χ0n) is 9.51. The SMILES string of the molecule is CNc1csc(C=O)c1C=Cc1ccccc1. The lowest BCUT2D eigenvalue weighted by Gasteiger charge is -1.98. The van der Waals surface area contributed by atoms with Gasteiger partial charge in [-0.3, -0.25) is 4.79 Å². The van der Waals surface area contributed by atoms with Gasteiger partial charge in [-0.1, -0.05) is 42.5 Å². The fraction of sp³-hybridized carbons (Fsp3) is 0.0714. The van der Waals surface area contributed by atoms with Gasteiger partial charge in [-0.05, 0) is 5.56 Å². The molecule has 1 aromatic carbocycles. The second kappa shape index (κ2) is 5.46. The molecular formula is C14H13NOS. The van der Waals surface area contributed by atoms with Gasteiger partial charge in [0.15, 0.2) is 6.29 Å². The first-order chi connectivity index (χ1) is 8.35. The van der Waals surface area contributed by atoms with Gasteiger partial charge in [0.05, 0.1) is 10.6 Å². The molecule has 2 rings (SSSR count). The summed E-state index contributed by atoms with van der Waals surface area (Å²) in [6, 6.07) is 10.0. The summed E-state index contributed by atoms with van der Waals surface area (Å²) < 4.78 is 0. The highest BCUT2D eigenvalue weighted by molar-refractivity contribution is 7.12. The van der Waals surface area contributed by atoms with Crippen molar-refractivity contribution in [2.24, 2.45) is 0 Å². The molecule has 0 radical (unpaired) electrons. The van der Waals surface area contributed by atoms with Gasteiger partial charge in [-0.25, -0.2) is 0 Å². The molecule has 1 heterocycles. The second-order valence-corrected chi connectivity index (χ2v) is 4.45. The van der Waals surface area contributed by atoms with E-state index in [1.807, 2.05) is 54.9 Å². The minimum atomic E-state index is 0.751. The fourth-order valence-electron chi connectivity index (χ4n) is 1.58. The molecule has 17 heavy (non-hydrogen) atoms. The van der Waals surface area contributed by atoms with Crippen molar-refractivity contribution in [1.29, 1.82) is 0 Å². The maximum atomic E-state index is 10.9. The summed E-state index contributed by atoms with van der Waals surface area (Å²) in [5.74, 6) is 0. The Hall–Kier alpha value is -1.87. The van der Waals surface area contributed by atoms with Crippen molar-refractivity contribution < 1.29 is 4.79 Å². The molecule has 0 atom stereocenters. The third-order valence-electron chi connectivity index (χ3n) is 2.48. The number of carbonyl (C=O) groups excluding carboxylic acids is 1. The average Bonchev–Trinajstić information content (AvgIpc) is 2.79. The molecule has 1 N–H and O–H groups in total. The Morgan fingerprint density at radius 3 is 2.59 bits per heavy atom. The van der Waals surface area contributed by atoms with Crippen LogP contribution < -0.4 is 5.32 Å². The number of hydrogen-bond donors (Lipinski definition) is 1. The Morgan fingerprint density at radius 2 is 1.94 bits per heavy atom. The highest BCUT2D eigenvalue weighted by Gasteiger charge is 2.06. The van der Waals surface area contributed by atoms with E-state index in [-0.39, 0.29) is 0 Å². The Kier molecular flexibility index (Phi) is 3.73. The van der Waals surface area contributed by atoms with Crippen LogP contribution in [0.15, 0.2) is 35.7 Å². The van der Waals surface area contributed by atoms with Gasteiger partial charge in [0, 0.05) is 18.0 Å². The molecule has 0 fully saturated rings. The zero-order chi connectivity index (χ0) is 12.1. The number of thiophene rings is 1. The van der Waals surface area contributed by atoms with Crippen molar-refractivity contribution in [3.8, 4) is 0 Å². The molecule has 0 spiro atoms. The Bertz CT molecular complexity index is 528. The fourth-order valence-corrected chi connectivity index (χ4v) is 2.43. The normalized spacial score (nSPS) is 10.6. The predicted molar refractivity (Wildman–Crippen MR) is 74.6 cm³/mol. The minimum Gasteiger partial charge on any atom is -0.387 e. The first kappa shape index (κ1) is 11.6. The number of anilines is 1. The quantitative estimate of drug-likeness (QED) is 0.828. The third-order valence-corrected chi connectivity index (χ3v) is 3.40. The molecule has 2 aromatic rings. The smallest absolute Gasteiger partial charge is 0.160 e. The van der Waals surface area contributed by atoms with Crippen molar-refractivity contribution in [1.82, 2.24) is 0 Å². The van der Waals surface area contributed by atoms with Crippen LogP contribution >= 0.6 is 11.3 Å². The van der Waals surface area contributed by atoms with E-state index in [1.54, 1.807) is 0 Å². The number of carbonyl (C=O) groups is 1. The minimum absolute atomic E-state index is 0.751. The standard InChI is InChI=1S/C14H13NOS/c1-15-13-10-17-14(9-16)12(13)8-7-11-5-3-2-4-6-11/h2-10,15H,1H3. The van der Waals surface area contributed by atoms with Crippen LogP contribution in [0.1, 0.15) is 20.8 Å². The van der Waals surface area contributed by atoms with Gasteiger partial charge in [-0.2, -0.15) is 0 Å². The Morgan fingerprint density at radius 1 is 1.18 bits per heavy atom. The Balaban J connectivity index is 2.32. The molecule has 0 saturated carbocycles. The van der Waals surface area contributed by atoms with Crippen molar-refractivity contribution in [2.75, 3.05) is 12.4 Å². The maximum absolute atomic E-state index is 10.9. The Labute approximate surface area is 105 Å². The summed E-state index contributed by atoms with van der Waals surface area (Å²) in [6.07, 6.45) is 4.88. The van der Waals surface area contributed by atoms with Crippen LogP contribution in [0.2, 0.25) is 0 Å². The van der Waals surface area contributed by atoms with Crippen molar-refractivity contribution in [2.45, 2.75) is 0 Å². The van der Waals surface area contributed by atoms with E-state index in [0.717, 1.165) is 28.0 Å². The van der Waals surface area contributed by atoms with Crippen molar-refractivity contribution in [3.05, 3.63) is 51.7 Å². The molecule has 0 saturated heterocycles. The van der Waals surface area contributed by atoms with E-state index in [9.17, 15) is 4.79 Å². The van der Waals surface area contributed by atoms with E-state index < -0.39 is 0 Å². The maximum Gasteiger partial charge on any atom is 0.160 e. The third kappa shape index (κ3) is 2.63. The summed E-state index contributed by atoms with van der Waals surface area (Å²) in [7, 11) is 1.86. The first-order valence-corrected chi connectivity index (χ1v) is 6.20. The molecule has 0 amide bonds. The summed E-state index contributed by atoms with van der Waals surface area (Å²) in [6.45, 7) is 0. The lowest BCUT2D eigenvalue weighted by atomic mass is 10.1. The summed E-state index contributed by atoms with van der Waals surface area (Å²) in [5, 5.41) is 5.04. The van der Waals surface area contributed by atoms with Crippen molar-refractivity contribution >= 4 is 35.5 Å². The van der Waals surface area contributed by atoms with Crippen molar-refractivity contribution in [3.63, 3.8) is 0 Å². The number of benzene rings is 1. The van der Waals surface area contributed by atoms with Gasteiger partial charge < -0.3 is 5.32 Å². The largest absolute Gasteiger partial charge is 0.387 e. The van der Waals surface area contributed by atoms with Gasteiger partial charge in [0.1, 0.15) is 0 Å². The molecule has 2 nitrogen and oxygen atoms in total. The lowest BCUT2D eigenvalue weighted by Crippen LogP contribution is -1.88. The van der Waals surface area contributed by atoms with E-state index in [2.05, 4.69) is 5.32 Å². The van der Waals surface area contributed by atoms with Crippen LogP contribution in [-0.4, -0.2) is 13.3 Å². The van der Waals surface area contributed by atoms with E-state index in [0.29, 0.717) is 0 Å². The molecule has 1 aromatic heterocycles. The van der Waals surface area contributed by atoms with Gasteiger partial charge in [0.25, 0.3) is 0 Å². The van der Waals surface area contributed by atoms with Gasteiger partial charge in [0.2, 0.25) is 0 Å². The summed E-state index contributed by atoms with van der Waals surface area (Å²) in [5.41, 5.74) is 3.07. The van der Waals surface area contributed by atoms with Gasteiger partial charge >= 0.3 is 0 Å². The summed E-state index contributed by atoms with van der Waals surface area (Å²) >= 11 is 1.45. The number of rotatable bonds is 4. The number of nitrogens with one attached hydrogen (secondary N) is 1. The van der Waals surface area contributed by atoms with Gasteiger partial charge in [-0.15, -0.1) is 11.3 Å². The molecule has 0 aliphatic rings. The lowest BCUT2D eigenvalue weighted by molar-refractivity contribution is 0.112.